The number of piperidine rings is 1. The first-order valence-electron chi connectivity index (χ1n) is 14.0. The molecule has 1 atom stereocenters. The van der Waals surface area contributed by atoms with Crippen molar-refractivity contribution in [1.29, 1.82) is 0 Å². The number of fused-ring (bicyclic) bond motifs is 1. The zero-order chi connectivity index (χ0) is 23.6. The lowest BCUT2D eigenvalue weighted by Gasteiger charge is -2.33. The number of anilines is 3. The Hall–Kier alpha value is -2.64. The van der Waals surface area contributed by atoms with E-state index in [4.69, 9.17) is 9.97 Å². The summed E-state index contributed by atoms with van der Waals surface area (Å²) in [4.78, 5) is 27.7. The van der Waals surface area contributed by atoms with E-state index in [1.807, 2.05) is 0 Å². The van der Waals surface area contributed by atoms with Crippen LogP contribution < -0.4 is 10.2 Å². The Bertz CT molecular complexity index is 1040. The minimum absolute atomic E-state index is 0.133. The molecule has 4 heterocycles. The summed E-state index contributed by atoms with van der Waals surface area (Å²) in [6.07, 6.45) is 16.1. The van der Waals surface area contributed by atoms with Crippen LogP contribution >= 0.6 is 0 Å². The number of aromatic amines is 1. The molecule has 2 saturated heterocycles. The smallest absolute Gasteiger partial charge is 0.245 e. The predicted octanol–water partition coefficient (Wildman–Crippen LogP) is 4.85. The Morgan fingerprint density at radius 1 is 0.886 bits per heavy atom. The number of hydrogen-bond donors (Lipinski definition) is 2. The number of aryl methyl sites for hydroxylation is 1. The molecule has 3 fully saturated rings. The first-order valence-corrected chi connectivity index (χ1v) is 14.0. The van der Waals surface area contributed by atoms with E-state index in [1.54, 1.807) is 0 Å². The van der Waals surface area contributed by atoms with E-state index in [9.17, 15) is 4.79 Å². The van der Waals surface area contributed by atoms with E-state index in [0.29, 0.717) is 11.9 Å². The Labute approximate surface area is 208 Å². The molecule has 2 aliphatic heterocycles. The Kier molecular flexibility index (Phi) is 6.61. The molecule has 0 bridgehead atoms. The molecular weight excluding hydrogens is 438 g/mol. The van der Waals surface area contributed by atoms with Crippen molar-refractivity contribution < 1.29 is 4.79 Å². The van der Waals surface area contributed by atoms with E-state index in [-0.39, 0.29) is 11.9 Å². The summed E-state index contributed by atoms with van der Waals surface area (Å²) in [7, 11) is 0. The van der Waals surface area contributed by atoms with Crippen molar-refractivity contribution in [1.82, 2.24) is 25.1 Å². The highest BCUT2D eigenvalue weighted by Crippen LogP contribution is 2.35. The number of rotatable bonds is 5. The molecule has 0 radical (unpaired) electrons. The van der Waals surface area contributed by atoms with Crippen molar-refractivity contribution in [2.24, 2.45) is 0 Å². The van der Waals surface area contributed by atoms with E-state index < -0.39 is 0 Å². The van der Waals surface area contributed by atoms with Crippen LogP contribution in [0, 0.1) is 0 Å². The number of carbonyl (C=O) groups is 1. The second kappa shape index (κ2) is 10.2. The molecule has 8 nitrogen and oxygen atoms in total. The third-order valence-corrected chi connectivity index (χ3v) is 8.52. The zero-order valence-corrected chi connectivity index (χ0v) is 20.9. The molecule has 0 spiro atoms. The third kappa shape index (κ3) is 4.76. The van der Waals surface area contributed by atoms with Gasteiger partial charge in [0.25, 0.3) is 0 Å². The molecule has 1 saturated carbocycles. The average molecular weight is 478 g/mol. The fourth-order valence-electron chi connectivity index (χ4n) is 6.55. The highest BCUT2D eigenvalue weighted by molar-refractivity contribution is 5.85. The molecule has 1 amide bonds. The van der Waals surface area contributed by atoms with Crippen molar-refractivity contribution in [2.45, 2.75) is 102 Å². The maximum atomic E-state index is 13.4. The summed E-state index contributed by atoms with van der Waals surface area (Å²) in [6, 6.07) is 2.04. The zero-order valence-electron chi connectivity index (χ0n) is 20.9. The maximum absolute atomic E-state index is 13.4. The molecule has 2 aliphatic carbocycles. The summed E-state index contributed by atoms with van der Waals surface area (Å²) in [5.41, 5.74) is 3.60. The van der Waals surface area contributed by atoms with E-state index in [0.717, 1.165) is 88.3 Å². The van der Waals surface area contributed by atoms with Gasteiger partial charge in [0.2, 0.25) is 11.9 Å². The quantitative estimate of drug-likeness (QED) is 0.640. The largest absolute Gasteiger partial charge is 0.341 e. The van der Waals surface area contributed by atoms with E-state index in [2.05, 4.69) is 31.4 Å². The summed E-state index contributed by atoms with van der Waals surface area (Å²) in [5.74, 6) is 3.28. The topological polar surface area (TPSA) is 90.0 Å². The number of nitrogens with zero attached hydrogens (tertiary/aromatic N) is 5. The molecule has 2 N–H and O–H groups in total. The lowest BCUT2D eigenvalue weighted by Crippen LogP contribution is -2.48. The third-order valence-electron chi connectivity index (χ3n) is 8.52. The van der Waals surface area contributed by atoms with Crippen molar-refractivity contribution >= 4 is 23.5 Å². The van der Waals surface area contributed by atoms with Crippen molar-refractivity contribution in [3.8, 4) is 0 Å². The van der Waals surface area contributed by atoms with Gasteiger partial charge in [-0.2, -0.15) is 10.1 Å². The second-order valence-corrected chi connectivity index (χ2v) is 10.9. The van der Waals surface area contributed by atoms with E-state index in [1.165, 1.54) is 49.8 Å². The standard InChI is InChI=1S/C27H39N7O/c35-26(33-15-7-2-8-16-33)23-14-9-17-34(23)27-28-21-13-6-5-12-20(21)25(30-27)29-24-18-22(31-32-24)19-10-3-1-4-11-19/h18-19,23H,1-17H2,(H2,28,29,30,31,32)/t23-/m0/s1. The lowest BCUT2D eigenvalue weighted by molar-refractivity contribution is -0.133. The van der Waals surface area contributed by atoms with Crippen LogP contribution in [0.5, 0.6) is 0 Å². The number of nitrogens with one attached hydrogen (secondary N) is 2. The van der Waals surface area contributed by atoms with Gasteiger partial charge in [0, 0.05) is 42.9 Å². The van der Waals surface area contributed by atoms with Crippen LogP contribution in [-0.4, -0.2) is 56.6 Å². The number of amides is 1. The van der Waals surface area contributed by atoms with Gasteiger partial charge in [0.05, 0.1) is 5.69 Å². The van der Waals surface area contributed by atoms with Crippen LogP contribution in [0.1, 0.15) is 99.9 Å². The molecule has 6 rings (SSSR count). The van der Waals surface area contributed by atoms with Gasteiger partial charge in [-0.05, 0) is 70.6 Å². The highest BCUT2D eigenvalue weighted by Gasteiger charge is 2.36. The first-order chi connectivity index (χ1) is 17.3. The van der Waals surface area contributed by atoms with Gasteiger partial charge in [-0.15, -0.1) is 0 Å². The van der Waals surface area contributed by atoms with Gasteiger partial charge in [-0.25, -0.2) is 4.98 Å². The van der Waals surface area contributed by atoms with Crippen molar-refractivity contribution in [3.05, 3.63) is 23.0 Å². The van der Waals surface area contributed by atoms with Crippen LogP contribution in [0.2, 0.25) is 0 Å². The fourth-order valence-corrected chi connectivity index (χ4v) is 6.55. The van der Waals surface area contributed by atoms with Gasteiger partial charge >= 0.3 is 0 Å². The number of likely N-dealkylation sites (tertiary alicyclic amines) is 1. The van der Waals surface area contributed by atoms with Crippen LogP contribution in [0.4, 0.5) is 17.6 Å². The second-order valence-electron chi connectivity index (χ2n) is 10.9. The van der Waals surface area contributed by atoms with E-state index >= 15 is 0 Å². The average Bonchev–Trinajstić information content (AvgIpc) is 3.59. The minimum Gasteiger partial charge on any atom is -0.341 e. The fraction of sp³-hybridized carbons (Fsp3) is 0.704. The van der Waals surface area contributed by atoms with Crippen LogP contribution in [-0.2, 0) is 17.6 Å². The maximum Gasteiger partial charge on any atom is 0.245 e. The summed E-state index contributed by atoms with van der Waals surface area (Å²) < 4.78 is 0. The number of aromatic nitrogens is 4. The minimum atomic E-state index is -0.133. The monoisotopic (exact) mass is 477 g/mol. The van der Waals surface area contributed by atoms with Gasteiger partial charge in [0.15, 0.2) is 5.82 Å². The Balaban J connectivity index is 1.26. The molecule has 188 valence electrons. The lowest BCUT2D eigenvalue weighted by atomic mass is 9.87. The molecular formula is C27H39N7O. The predicted molar refractivity (Wildman–Crippen MR) is 137 cm³/mol. The van der Waals surface area contributed by atoms with Gasteiger partial charge < -0.3 is 15.1 Å². The first kappa shape index (κ1) is 22.8. The molecule has 2 aromatic rings. The van der Waals surface area contributed by atoms with Gasteiger partial charge in [-0.3, -0.25) is 9.89 Å². The van der Waals surface area contributed by atoms with Crippen LogP contribution in [0.25, 0.3) is 0 Å². The molecule has 8 heteroatoms. The van der Waals surface area contributed by atoms with Gasteiger partial charge in [0.1, 0.15) is 11.9 Å². The Morgan fingerprint density at radius 3 is 2.54 bits per heavy atom. The molecule has 0 unspecified atom stereocenters. The van der Waals surface area contributed by atoms with Crippen LogP contribution in [0.15, 0.2) is 6.07 Å². The number of hydrogen-bond acceptors (Lipinski definition) is 6. The highest BCUT2D eigenvalue weighted by atomic mass is 16.2. The summed E-state index contributed by atoms with van der Waals surface area (Å²) in [6.45, 7) is 2.63. The normalized spacial score (nSPS) is 23.4. The molecule has 35 heavy (non-hydrogen) atoms. The summed E-state index contributed by atoms with van der Waals surface area (Å²) in [5, 5.41) is 11.4. The molecule has 0 aromatic carbocycles. The number of H-pyrrole nitrogens is 1. The number of carbonyl (C=O) groups excluding carboxylic acids is 1. The van der Waals surface area contributed by atoms with Crippen molar-refractivity contribution in [3.63, 3.8) is 0 Å². The SMILES string of the molecule is O=C([C@@H]1CCCN1c1nc2c(c(Nc3cc(C4CCCCC4)[nH]n3)n1)CCCC2)N1CCCCC1. The summed E-state index contributed by atoms with van der Waals surface area (Å²) >= 11 is 0. The van der Waals surface area contributed by atoms with Gasteiger partial charge in [-0.1, -0.05) is 19.3 Å². The van der Waals surface area contributed by atoms with Crippen molar-refractivity contribution in [2.75, 3.05) is 29.9 Å². The Morgan fingerprint density at radius 2 is 1.69 bits per heavy atom. The molecule has 2 aromatic heterocycles. The van der Waals surface area contributed by atoms with Crippen LogP contribution in [0.3, 0.4) is 0 Å². The molecule has 4 aliphatic rings.